The van der Waals surface area contributed by atoms with Crippen LogP contribution in [0.15, 0.2) is 24.3 Å². The van der Waals surface area contributed by atoms with Crippen LogP contribution in [0, 0.1) is 5.82 Å². The third-order valence-electron chi connectivity index (χ3n) is 2.71. The Balaban J connectivity index is 2.37. The van der Waals surface area contributed by atoms with Crippen LogP contribution in [-0.2, 0) is 9.84 Å². The standard InChI is InChI=1S/C10H12FNO2S/c1-12-9-6-15(13,14)10(9)7-3-2-4-8(11)5-7/h2-5,9-10,12H,6H2,1H3. The predicted molar refractivity (Wildman–Crippen MR) is 55.8 cm³/mol. The second-order valence-electron chi connectivity index (χ2n) is 3.70. The van der Waals surface area contributed by atoms with Gasteiger partial charge in [-0.1, -0.05) is 12.1 Å². The van der Waals surface area contributed by atoms with Crippen molar-refractivity contribution in [2.24, 2.45) is 0 Å². The van der Waals surface area contributed by atoms with E-state index in [2.05, 4.69) is 5.32 Å². The molecule has 2 atom stereocenters. The van der Waals surface area contributed by atoms with E-state index in [1.54, 1.807) is 13.1 Å². The third kappa shape index (κ3) is 1.77. The van der Waals surface area contributed by atoms with Gasteiger partial charge in [-0.05, 0) is 24.7 Å². The first kappa shape index (κ1) is 10.6. The Morgan fingerprint density at radius 3 is 2.73 bits per heavy atom. The summed E-state index contributed by atoms with van der Waals surface area (Å²) in [5, 5.41) is 2.32. The van der Waals surface area contributed by atoms with Gasteiger partial charge in [-0.3, -0.25) is 0 Å². The molecule has 2 rings (SSSR count). The molecular formula is C10H12FNO2S. The highest BCUT2D eigenvalue weighted by molar-refractivity contribution is 7.93. The molecule has 1 aromatic rings. The van der Waals surface area contributed by atoms with Gasteiger partial charge < -0.3 is 5.32 Å². The lowest BCUT2D eigenvalue weighted by Crippen LogP contribution is -2.52. The van der Waals surface area contributed by atoms with E-state index in [1.165, 1.54) is 18.2 Å². The van der Waals surface area contributed by atoms with Crippen molar-refractivity contribution in [3.8, 4) is 0 Å². The summed E-state index contributed by atoms with van der Waals surface area (Å²) in [6, 6.07) is 5.67. The summed E-state index contributed by atoms with van der Waals surface area (Å²) in [4.78, 5) is 0. The zero-order chi connectivity index (χ0) is 11.1. The maximum atomic E-state index is 13.0. The highest BCUT2D eigenvalue weighted by atomic mass is 32.2. The Labute approximate surface area is 88.2 Å². The fraction of sp³-hybridized carbons (Fsp3) is 0.400. The first-order chi connectivity index (χ1) is 7.04. The molecule has 1 heterocycles. The van der Waals surface area contributed by atoms with Crippen molar-refractivity contribution in [1.29, 1.82) is 0 Å². The van der Waals surface area contributed by atoms with Crippen molar-refractivity contribution in [2.75, 3.05) is 12.8 Å². The van der Waals surface area contributed by atoms with E-state index in [9.17, 15) is 12.8 Å². The summed E-state index contributed by atoms with van der Waals surface area (Å²) in [7, 11) is -1.37. The van der Waals surface area contributed by atoms with Gasteiger partial charge in [-0.15, -0.1) is 0 Å². The molecule has 0 bridgehead atoms. The monoisotopic (exact) mass is 229 g/mol. The van der Waals surface area contributed by atoms with Crippen molar-refractivity contribution in [3.63, 3.8) is 0 Å². The zero-order valence-electron chi connectivity index (χ0n) is 8.27. The predicted octanol–water partition coefficient (Wildman–Crippen LogP) is 0.883. The van der Waals surface area contributed by atoms with Crippen molar-refractivity contribution in [1.82, 2.24) is 5.32 Å². The molecule has 15 heavy (non-hydrogen) atoms. The van der Waals surface area contributed by atoms with Gasteiger partial charge in [0.2, 0.25) is 0 Å². The normalized spacial score (nSPS) is 28.4. The Kier molecular flexibility index (Phi) is 2.52. The molecule has 0 amide bonds. The van der Waals surface area contributed by atoms with Crippen LogP contribution in [0.4, 0.5) is 4.39 Å². The minimum absolute atomic E-state index is 0.100. The Hall–Kier alpha value is -0.940. The van der Waals surface area contributed by atoms with Gasteiger partial charge in [-0.25, -0.2) is 12.8 Å². The molecule has 1 aliphatic rings. The first-order valence-electron chi connectivity index (χ1n) is 4.69. The van der Waals surface area contributed by atoms with Crippen molar-refractivity contribution >= 4 is 9.84 Å². The number of rotatable bonds is 2. The lowest BCUT2D eigenvalue weighted by molar-refractivity contribution is 0.481. The molecule has 1 N–H and O–H groups in total. The number of halogens is 1. The SMILES string of the molecule is CNC1CS(=O)(=O)C1c1cccc(F)c1. The Bertz CT molecular complexity index is 472. The van der Waals surface area contributed by atoms with Crippen LogP contribution >= 0.6 is 0 Å². The molecule has 1 fully saturated rings. The lowest BCUT2D eigenvalue weighted by atomic mass is 10.1. The van der Waals surface area contributed by atoms with Gasteiger partial charge >= 0.3 is 0 Å². The maximum absolute atomic E-state index is 13.0. The van der Waals surface area contributed by atoms with Gasteiger partial charge in [-0.2, -0.15) is 0 Å². The molecule has 1 aromatic carbocycles. The molecule has 0 saturated carbocycles. The summed E-state index contributed by atoms with van der Waals surface area (Å²) in [5.41, 5.74) is 0.528. The molecule has 0 radical (unpaired) electrons. The molecule has 82 valence electrons. The maximum Gasteiger partial charge on any atom is 0.160 e. The van der Waals surface area contributed by atoms with Gasteiger partial charge in [0.25, 0.3) is 0 Å². The first-order valence-corrected chi connectivity index (χ1v) is 6.40. The number of nitrogens with one attached hydrogen (secondary N) is 1. The second kappa shape index (κ2) is 3.57. The van der Waals surface area contributed by atoms with Crippen LogP contribution in [0.5, 0.6) is 0 Å². The fourth-order valence-corrected chi connectivity index (χ4v) is 3.93. The van der Waals surface area contributed by atoms with E-state index < -0.39 is 20.9 Å². The highest BCUT2D eigenvalue weighted by Gasteiger charge is 2.45. The molecule has 1 saturated heterocycles. The van der Waals surface area contributed by atoms with Gasteiger partial charge in [0.1, 0.15) is 11.1 Å². The van der Waals surface area contributed by atoms with Crippen LogP contribution in [0.25, 0.3) is 0 Å². The Morgan fingerprint density at radius 2 is 2.20 bits per heavy atom. The number of hydrogen-bond donors (Lipinski definition) is 1. The molecule has 0 aliphatic carbocycles. The second-order valence-corrected chi connectivity index (χ2v) is 5.87. The summed E-state index contributed by atoms with van der Waals surface area (Å²) in [6.45, 7) is 0. The van der Waals surface area contributed by atoms with Gasteiger partial charge in [0, 0.05) is 6.04 Å². The minimum Gasteiger partial charge on any atom is -0.314 e. The molecule has 2 unspecified atom stereocenters. The van der Waals surface area contributed by atoms with E-state index in [1.807, 2.05) is 0 Å². The molecular weight excluding hydrogens is 217 g/mol. The van der Waals surface area contributed by atoms with E-state index >= 15 is 0 Å². The molecule has 1 aliphatic heterocycles. The van der Waals surface area contributed by atoms with E-state index in [0.29, 0.717) is 5.56 Å². The van der Waals surface area contributed by atoms with Crippen LogP contribution in [0.1, 0.15) is 10.8 Å². The minimum atomic E-state index is -3.08. The molecule has 5 heteroatoms. The van der Waals surface area contributed by atoms with Crippen LogP contribution in [0.2, 0.25) is 0 Å². The lowest BCUT2D eigenvalue weighted by Gasteiger charge is -2.36. The topological polar surface area (TPSA) is 46.2 Å². The summed E-state index contributed by atoms with van der Waals surface area (Å²) in [5.74, 6) is -0.269. The molecule has 0 spiro atoms. The summed E-state index contributed by atoms with van der Waals surface area (Å²) >= 11 is 0. The van der Waals surface area contributed by atoms with E-state index in [-0.39, 0.29) is 11.8 Å². The Morgan fingerprint density at radius 1 is 1.47 bits per heavy atom. The van der Waals surface area contributed by atoms with Crippen LogP contribution in [0.3, 0.4) is 0 Å². The summed E-state index contributed by atoms with van der Waals surface area (Å²) in [6.07, 6.45) is 0. The number of hydrogen-bond acceptors (Lipinski definition) is 3. The molecule has 0 aromatic heterocycles. The summed E-state index contributed by atoms with van der Waals surface area (Å²) < 4.78 is 36.0. The van der Waals surface area contributed by atoms with Crippen LogP contribution in [-0.4, -0.2) is 27.3 Å². The largest absolute Gasteiger partial charge is 0.314 e. The highest BCUT2D eigenvalue weighted by Crippen LogP contribution is 2.36. The number of likely N-dealkylation sites (N-methyl/N-ethyl adjacent to an activating group) is 1. The van der Waals surface area contributed by atoms with Crippen molar-refractivity contribution in [3.05, 3.63) is 35.6 Å². The van der Waals surface area contributed by atoms with Gasteiger partial charge in [0.15, 0.2) is 9.84 Å². The van der Waals surface area contributed by atoms with Crippen molar-refractivity contribution < 1.29 is 12.8 Å². The fourth-order valence-electron chi connectivity index (χ4n) is 1.93. The quantitative estimate of drug-likeness (QED) is 0.819. The molecule has 3 nitrogen and oxygen atoms in total. The average molecular weight is 229 g/mol. The van der Waals surface area contributed by atoms with E-state index in [0.717, 1.165) is 0 Å². The van der Waals surface area contributed by atoms with Gasteiger partial charge in [0.05, 0.1) is 5.75 Å². The number of sulfone groups is 1. The van der Waals surface area contributed by atoms with Crippen LogP contribution < -0.4 is 5.32 Å². The zero-order valence-corrected chi connectivity index (χ0v) is 9.09. The van der Waals surface area contributed by atoms with E-state index in [4.69, 9.17) is 0 Å². The smallest absolute Gasteiger partial charge is 0.160 e. The third-order valence-corrected chi connectivity index (χ3v) is 4.91. The van der Waals surface area contributed by atoms with Crippen molar-refractivity contribution in [2.45, 2.75) is 11.3 Å². The average Bonchev–Trinajstić information content (AvgIpc) is 2.14. The number of benzene rings is 1.